The van der Waals surface area contributed by atoms with Gasteiger partial charge in [-0.1, -0.05) is 11.1 Å². The van der Waals surface area contributed by atoms with E-state index in [2.05, 4.69) is 43.1 Å². The van der Waals surface area contributed by atoms with Crippen LogP contribution in [0.2, 0.25) is 0 Å². The molecule has 142 valence electrons. The Morgan fingerprint density at radius 2 is 1.81 bits per heavy atom. The molecule has 0 amide bonds. The third-order valence-corrected chi connectivity index (χ3v) is 9.04. The van der Waals surface area contributed by atoms with E-state index in [1.54, 1.807) is 5.57 Å². The lowest BCUT2D eigenvalue weighted by Gasteiger charge is -3.05. The summed E-state index contributed by atoms with van der Waals surface area (Å²) in [5.41, 5.74) is 13.0. The average Bonchev–Trinajstić information content (AvgIpc) is 2.66. The number of nitrogens with zero attached hydrogens (tertiary/aromatic N) is 2. The van der Waals surface area contributed by atoms with Crippen LogP contribution >= 0.6 is 0 Å². The lowest BCUT2D eigenvalue weighted by molar-refractivity contribution is -0.435. The van der Waals surface area contributed by atoms with E-state index in [0.29, 0.717) is 10.8 Å². The zero-order valence-corrected chi connectivity index (χ0v) is 16.3. The number of ether oxygens (including phenoxy) is 1. The highest BCUT2D eigenvalue weighted by atomic mass is 16.5. The minimum atomic E-state index is 0.258. The number of anilines is 2. The van der Waals surface area contributed by atoms with Crippen molar-refractivity contribution in [1.82, 2.24) is 4.98 Å². The minimum absolute atomic E-state index is 0.258. The highest BCUT2D eigenvalue weighted by Crippen LogP contribution is 3.06. The van der Waals surface area contributed by atoms with Crippen molar-refractivity contribution in [2.24, 2.45) is 40.2 Å². The molecular formula is C22H28N4O. The number of aryl methyl sites for hydroxylation is 1. The largest absolute Gasteiger partial charge is 0.383 e. The van der Waals surface area contributed by atoms with Gasteiger partial charge in [0.15, 0.2) is 0 Å². The van der Waals surface area contributed by atoms with Crippen molar-refractivity contribution < 1.29 is 4.74 Å². The fourth-order valence-electron chi connectivity index (χ4n) is 8.32. The Morgan fingerprint density at radius 3 is 2.37 bits per heavy atom. The number of hydrogen-bond donors (Lipinski definition) is 2. The van der Waals surface area contributed by atoms with Gasteiger partial charge in [-0.2, -0.15) is 0 Å². The Labute approximate surface area is 160 Å². The summed E-state index contributed by atoms with van der Waals surface area (Å²) in [7, 11) is 0. The van der Waals surface area contributed by atoms with Gasteiger partial charge in [0.1, 0.15) is 5.82 Å². The topological polar surface area (TPSA) is 63.4 Å². The first kappa shape index (κ1) is 15.3. The fourth-order valence-corrected chi connectivity index (χ4v) is 8.32. The zero-order valence-electron chi connectivity index (χ0n) is 16.3. The summed E-state index contributed by atoms with van der Waals surface area (Å²) in [6.45, 7) is 10.2. The molecule has 1 aromatic heterocycles. The second-order valence-corrected chi connectivity index (χ2v) is 9.94. The van der Waals surface area contributed by atoms with Crippen molar-refractivity contribution in [2.75, 3.05) is 36.4 Å². The molecular weight excluding hydrogens is 336 g/mol. The Bertz CT molecular complexity index is 917. The first-order valence-electron chi connectivity index (χ1n) is 10.6. The highest BCUT2D eigenvalue weighted by Gasteiger charge is 3.03. The van der Waals surface area contributed by atoms with E-state index in [1.807, 2.05) is 5.57 Å². The predicted octanol–water partition coefficient (Wildman–Crippen LogP) is 2.18. The SMILES string of the molecule is Cc1nc(N2C[C@@H](C)O[C@@H](C)C2)ccc1NCC12C3=C4C1C1C2C3C41CN. The van der Waals surface area contributed by atoms with Crippen molar-refractivity contribution in [2.45, 2.75) is 33.0 Å². The second kappa shape index (κ2) is 4.36. The van der Waals surface area contributed by atoms with Crippen LogP contribution in [0.5, 0.6) is 0 Å². The highest BCUT2D eigenvalue weighted by molar-refractivity contribution is 5.78. The molecule has 0 aromatic carbocycles. The molecule has 0 spiro atoms. The third-order valence-electron chi connectivity index (χ3n) is 9.04. The van der Waals surface area contributed by atoms with Gasteiger partial charge in [0.25, 0.3) is 0 Å². The average molecular weight is 364 g/mol. The van der Waals surface area contributed by atoms with E-state index in [-0.39, 0.29) is 12.2 Å². The van der Waals surface area contributed by atoms with E-state index in [0.717, 1.165) is 61.4 Å². The smallest absolute Gasteiger partial charge is 0.129 e. The molecule has 1 aliphatic heterocycles. The molecule has 3 N–H and O–H groups in total. The van der Waals surface area contributed by atoms with Gasteiger partial charge in [-0.05, 0) is 56.6 Å². The van der Waals surface area contributed by atoms with E-state index in [4.69, 9.17) is 15.5 Å². The summed E-state index contributed by atoms with van der Waals surface area (Å²) in [5.74, 6) is 4.76. The molecule has 27 heavy (non-hydrogen) atoms. The number of nitrogens with two attached hydrogens (primary N) is 1. The maximum atomic E-state index is 6.08. The number of hydrogen-bond acceptors (Lipinski definition) is 5. The van der Waals surface area contributed by atoms with Crippen LogP contribution in [0.15, 0.2) is 23.3 Å². The first-order valence-corrected chi connectivity index (χ1v) is 10.6. The lowest BCUT2D eigenvalue weighted by atomic mass is 8.98. The van der Waals surface area contributed by atoms with Crippen LogP contribution < -0.4 is 16.0 Å². The second-order valence-electron chi connectivity index (χ2n) is 9.94. The molecule has 7 aliphatic rings. The monoisotopic (exact) mass is 364 g/mol. The van der Waals surface area contributed by atoms with Crippen LogP contribution in [0, 0.1) is 41.4 Å². The molecule has 1 aromatic rings. The van der Waals surface area contributed by atoms with E-state index < -0.39 is 0 Å². The van der Waals surface area contributed by atoms with Crippen molar-refractivity contribution in [3.05, 3.63) is 29.0 Å². The number of nitrogens with one attached hydrogen (secondary N) is 1. The van der Waals surface area contributed by atoms with Crippen LogP contribution in [-0.2, 0) is 4.74 Å². The molecule has 6 unspecified atom stereocenters. The molecule has 6 aliphatic carbocycles. The summed E-state index contributed by atoms with van der Waals surface area (Å²) in [6.07, 6.45) is 0.516. The molecule has 8 atom stereocenters. The number of morpholine rings is 1. The molecule has 5 fully saturated rings. The van der Waals surface area contributed by atoms with Gasteiger partial charge < -0.3 is 20.7 Å². The van der Waals surface area contributed by atoms with Gasteiger partial charge >= 0.3 is 0 Å². The number of aromatic nitrogens is 1. The van der Waals surface area contributed by atoms with Crippen LogP contribution in [0.3, 0.4) is 0 Å². The standard InChI is InChI=1S/C22H28N4O/c1-10-6-26(7-11(2)27-10)14-5-4-13(12(3)25-14)24-9-22-18-15-19(22)17-20(22)16(18)21(15,17)8-23/h4-5,10-11,15-16,18-19,24H,6-9,23H2,1-3H3/t10-,11+,15?,16?,18?,19?,21?,22?. The summed E-state index contributed by atoms with van der Waals surface area (Å²) in [4.78, 5) is 7.26. The molecule has 0 radical (unpaired) electrons. The molecule has 2 heterocycles. The van der Waals surface area contributed by atoms with Crippen LogP contribution in [0.1, 0.15) is 19.5 Å². The molecule has 4 saturated carbocycles. The van der Waals surface area contributed by atoms with Crippen molar-refractivity contribution >= 4 is 11.5 Å². The van der Waals surface area contributed by atoms with Crippen LogP contribution in [-0.4, -0.2) is 43.4 Å². The van der Waals surface area contributed by atoms with Gasteiger partial charge in [-0.3, -0.25) is 0 Å². The summed E-state index contributed by atoms with van der Waals surface area (Å²) in [6, 6.07) is 4.40. The third kappa shape index (κ3) is 1.32. The number of rotatable bonds is 5. The Hall–Kier alpha value is -1.59. The molecule has 1 saturated heterocycles. The van der Waals surface area contributed by atoms with E-state index in [1.165, 1.54) is 5.69 Å². The van der Waals surface area contributed by atoms with Crippen molar-refractivity contribution in [3.8, 4) is 0 Å². The quantitative estimate of drug-likeness (QED) is 0.784. The Kier molecular flexibility index (Phi) is 2.48. The van der Waals surface area contributed by atoms with E-state index >= 15 is 0 Å². The Morgan fingerprint density at radius 1 is 1.15 bits per heavy atom. The first-order chi connectivity index (χ1) is 13.0. The predicted molar refractivity (Wildman–Crippen MR) is 105 cm³/mol. The normalized spacial score (nSPS) is 49.4. The summed E-state index contributed by atoms with van der Waals surface area (Å²) in [5, 5.41) is 3.76. The van der Waals surface area contributed by atoms with Gasteiger partial charge in [-0.25, -0.2) is 4.98 Å². The lowest BCUT2D eigenvalue weighted by Crippen LogP contribution is -3.02. The van der Waals surface area contributed by atoms with Gasteiger partial charge in [0.05, 0.1) is 23.6 Å². The van der Waals surface area contributed by atoms with E-state index in [9.17, 15) is 0 Å². The molecule has 5 nitrogen and oxygen atoms in total. The summed E-state index contributed by atoms with van der Waals surface area (Å²) >= 11 is 0. The summed E-state index contributed by atoms with van der Waals surface area (Å²) < 4.78 is 5.85. The Balaban J connectivity index is 1.07. The fraction of sp³-hybridized carbons (Fsp3) is 0.682. The minimum Gasteiger partial charge on any atom is -0.383 e. The number of pyridine rings is 1. The molecule has 5 heteroatoms. The zero-order chi connectivity index (χ0) is 18.3. The van der Waals surface area contributed by atoms with Crippen LogP contribution in [0.4, 0.5) is 11.5 Å². The van der Waals surface area contributed by atoms with Crippen molar-refractivity contribution in [3.63, 3.8) is 0 Å². The van der Waals surface area contributed by atoms with Gasteiger partial charge in [0.2, 0.25) is 0 Å². The van der Waals surface area contributed by atoms with Crippen molar-refractivity contribution in [1.29, 1.82) is 0 Å². The maximum absolute atomic E-state index is 6.08. The molecule has 0 bridgehead atoms. The maximum Gasteiger partial charge on any atom is 0.129 e. The molecule has 8 rings (SSSR count). The van der Waals surface area contributed by atoms with Gasteiger partial charge in [0, 0.05) is 37.0 Å². The van der Waals surface area contributed by atoms with Gasteiger partial charge in [-0.15, -0.1) is 0 Å². The van der Waals surface area contributed by atoms with Crippen LogP contribution in [0.25, 0.3) is 0 Å².